The summed E-state index contributed by atoms with van der Waals surface area (Å²) in [5.41, 5.74) is 6.21. The van der Waals surface area contributed by atoms with Crippen LogP contribution in [0.3, 0.4) is 0 Å². The molecule has 3 rings (SSSR count). The molecule has 1 aromatic carbocycles. The Morgan fingerprint density at radius 1 is 1.41 bits per heavy atom. The zero-order chi connectivity index (χ0) is 12.0. The smallest absolute Gasteiger partial charge is 0.182 e. The van der Waals surface area contributed by atoms with Gasteiger partial charge >= 0.3 is 0 Å². The standard InChI is InChI=1S/C11H12FN5/c1-11(4-5-11)17-10(14-15-16-17)7-2-3-9(13)8(12)6-7/h2-3,6H,4-5,13H2,1H3. The molecule has 6 heteroatoms. The van der Waals surface area contributed by atoms with Gasteiger partial charge in [0.15, 0.2) is 5.82 Å². The van der Waals surface area contributed by atoms with Crippen molar-refractivity contribution < 1.29 is 4.39 Å². The van der Waals surface area contributed by atoms with Crippen LogP contribution in [0.15, 0.2) is 18.2 Å². The molecule has 1 aromatic heterocycles. The van der Waals surface area contributed by atoms with Crippen LogP contribution in [-0.4, -0.2) is 20.2 Å². The van der Waals surface area contributed by atoms with Gasteiger partial charge in [-0.2, -0.15) is 0 Å². The molecule has 1 fully saturated rings. The van der Waals surface area contributed by atoms with Crippen molar-refractivity contribution in [3.63, 3.8) is 0 Å². The number of hydrogen-bond acceptors (Lipinski definition) is 4. The first kappa shape index (κ1) is 10.2. The van der Waals surface area contributed by atoms with Crippen molar-refractivity contribution >= 4 is 5.69 Å². The van der Waals surface area contributed by atoms with Gasteiger partial charge in [0.05, 0.1) is 11.2 Å². The van der Waals surface area contributed by atoms with Crippen molar-refractivity contribution in [1.29, 1.82) is 0 Å². The second-order valence-electron chi connectivity index (χ2n) is 4.65. The van der Waals surface area contributed by atoms with Crippen molar-refractivity contribution in [3.8, 4) is 11.4 Å². The predicted molar refractivity (Wildman–Crippen MR) is 60.5 cm³/mol. The molecular formula is C11H12FN5. The van der Waals surface area contributed by atoms with Crippen LogP contribution in [0, 0.1) is 5.82 Å². The summed E-state index contributed by atoms with van der Waals surface area (Å²) in [6.45, 7) is 2.08. The molecule has 0 unspecified atom stereocenters. The van der Waals surface area contributed by atoms with E-state index in [1.54, 1.807) is 10.7 Å². The summed E-state index contributed by atoms with van der Waals surface area (Å²) >= 11 is 0. The van der Waals surface area contributed by atoms with Gasteiger partial charge in [0.25, 0.3) is 0 Å². The third-order valence-corrected chi connectivity index (χ3v) is 3.21. The number of benzene rings is 1. The molecule has 17 heavy (non-hydrogen) atoms. The number of hydrogen-bond donors (Lipinski definition) is 1. The fraction of sp³-hybridized carbons (Fsp3) is 0.364. The lowest BCUT2D eigenvalue weighted by atomic mass is 10.1. The minimum atomic E-state index is -0.446. The van der Waals surface area contributed by atoms with Crippen molar-refractivity contribution in [3.05, 3.63) is 24.0 Å². The molecule has 0 spiro atoms. The van der Waals surface area contributed by atoms with E-state index in [1.165, 1.54) is 12.1 Å². The summed E-state index contributed by atoms with van der Waals surface area (Å²) in [6, 6.07) is 4.62. The van der Waals surface area contributed by atoms with Crippen LogP contribution in [0.5, 0.6) is 0 Å². The normalized spacial score (nSPS) is 17.1. The number of nitrogen functional groups attached to an aromatic ring is 1. The van der Waals surface area contributed by atoms with Gasteiger partial charge in [0.2, 0.25) is 0 Å². The van der Waals surface area contributed by atoms with Gasteiger partial charge < -0.3 is 5.73 Å². The van der Waals surface area contributed by atoms with Crippen LogP contribution in [0.25, 0.3) is 11.4 Å². The molecule has 88 valence electrons. The summed E-state index contributed by atoms with van der Waals surface area (Å²) in [5, 5.41) is 11.6. The van der Waals surface area contributed by atoms with Gasteiger partial charge in [-0.15, -0.1) is 5.10 Å². The molecular weight excluding hydrogens is 221 g/mol. The lowest BCUT2D eigenvalue weighted by Gasteiger charge is -2.10. The molecule has 5 nitrogen and oxygen atoms in total. The molecule has 0 amide bonds. The maximum absolute atomic E-state index is 13.4. The molecule has 1 heterocycles. The number of nitrogens with zero attached hydrogens (tertiary/aromatic N) is 4. The zero-order valence-electron chi connectivity index (χ0n) is 9.39. The number of rotatable bonds is 2. The molecule has 1 aliphatic carbocycles. The number of tetrazole rings is 1. The fourth-order valence-electron chi connectivity index (χ4n) is 1.79. The Labute approximate surface area is 97.4 Å². The molecule has 0 atom stereocenters. The van der Waals surface area contributed by atoms with Crippen LogP contribution in [0.4, 0.5) is 10.1 Å². The highest BCUT2D eigenvalue weighted by atomic mass is 19.1. The number of aromatic nitrogens is 4. The van der Waals surface area contributed by atoms with Crippen molar-refractivity contribution in [1.82, 2.24) is 20.2 Å². The largest absolute Gasteiger partial charge is 0.396 e. The Balaban J connectivity index is 2.09. The molecule has 1 aliphatic rings. The lowest BCUT2D eigenvalue weighted by molar-refractivity contribution is 0.463. The van der Waals surface area contributed by atoms with Crippen LogP contribution in [-0.2, 0) is 5.54 Å². The predicted octanol–water partition coefficient (Wildman–Crippen LogP) is 1.57. The summed E-state index contributed by atoms with van der Waals surface area (Å²) in [4.78, 5) is 0. The first-order chi connectivity index (χ1) is 8.10. The van der Waals surface area contributed by atoms with Gasteiger partial charge in [-0.1, -0.05) is 0 Å². The molecule has 0 bridgehead atoms. The fourth-order valence-corrected chi connectivity index (χ4v) is 1.79. The molecule has 1 saturated carbocycles. The van der Waals surface area contributed by atoms with E-state index in [9.17, 15) is 4.39 Å². The van der Waals surface area contributed by atoms with Crippen LogP contribution in [0.2, 0.25) is 0 Å². The van der Waals surface area contributed by atoms with Gasteiger partial charge in [-0.3, -0.25) is 0 Å². The average molecular weight is 233 g/mol. The highest BCUT2D eigenvalue weighted by molar-refractivity contribution is 5.59. The first-order valence-electron chi connectivity index (χ1n) is 5.44. The minimum absolute atomic E-state index is 0.0172. The van der Waals surface area contributed by atoms with E-state index < -0.39 is 5.82 Å². The molecule has 2 N–H and O–H groups in total. The quantitative estimate of drug-likeness (QED) is 0.799. The first-order valence-corrected chi connectivity index (χ1v) is 5.44. The Morgan fingerprint density at radius 2 is 2.18 bits per heavy atom. The van der Waals surface area contributed by atoms with Crippen LogP contribution < -0.4 is 5.73 Å². The summed E-state index contributed by atoms with van der Waals surface area (Å²) in [7, 11) is 0. The third-order valence-electron chi connectivity index (χ3n) is 3.21. The van der Waals surface area contributed by atoms with E-state index in [-0.39, 0.29) is 11.2 Å². The highest BCUT2D eigenvalue weighted by Crippen LogP contribution is 2.43. The second kappa shape index (κ2) is 3.26. The molecule has 0 radical (unpaired) electrons. The SMILES string of the molecule is CC1(n2nnnc2-c2ccc(N)c(F)c2)CC1. The van der Waals surface area contributed by atoms with E-state index in [0.29, 0.717) is 11.4 Å². The van der Waals surface area contributed by atoms with Gasteiger partial charge in [0, 0.05) is 5.56 Å². The molecule has 2 aromatic rings. The Bertz CT molecular complexity index is 573. The van der Waals surface area contributed by atoms with E-state index in [0.717, 1.165) is 12.8 Å². The van der Waals surface area contributed by atoms with Gasteiger partial charge in [0.1, 0.15) is 5.82 Å². The maximum Gasteiger partial charge on any atom is 0.182 e. The van der Waals surface area contributed by atoms with Crippen LogP contribution >= 0.6 is 0 Å². The number of nitrogens with two attached hydrogens (primary N) is 1. The van der Waals surface area contributed by atoms with E-state index >= 15 is 0 Å². The number of anilines is 1. The topological polar surface area (TPSA) is 69.6 Å². The number of halogens is 1. The minimum Gasteiger partial charge on any atom is -0.396 e. The van der Waals surface area contributed by atoms with Crippen molar-refractivity contribution in [2.24, 2.45) is 0 Å². The van der Waals surface area contributed by atoms with E-state index in [2.05, 4.69) is 22.4 Å². The summed E-state index contributed by atoms with van der Waals surface area (Å²) in [6.07, 6.45) is 2.09. The summed E-state index contributed by atoms with van der Waals surface area (Å²) in [5.74, 6) is 0.141. The van der Waals surface area contributed by atoms with E-state index in [4.69, 9.17) is 5.73 Å². The molecule has 0 saturated heterocycles. The maximum atomic E-state index is 13.4. The Kier molecular flexibility index (Phi) is 1.95. The monoisotopic (exact) mass is 233 g/mol. The van der Waals surface area contributed by atoms with Crippen LogP contribution in [0.1, 0.15) is 19.8 Å². The molecule has 0 aliphatic heterocycles. The van der Waals surface area contributed by atoms with E-state index in [1.807, 2.05) is 0 Å². The van der Waals surface area contributed by atoms with Gasteiger partial charge in [-0.05, 0) is 48.4 Å². The second-order valence-corrected chi connectivity index (χ2v) is 4.65. The van der Waals surface area contributed by atoms with Gasteiger partial charge in [-0.25, -0.2) is 9.07 Å². The lowest BCUT2D eigenvalue weighted by Crippen LogP contribution is -2.15. The van der Waals surface area contributed by atoms with Crippen molar-refractivity contribution in [2.75, 3.05) is 5.73 Å². The Hall–Kier alpha value is -1.98. The Morgan fingerprint density at radius 3 is 2.82 bits per heavy atom. The third kappa shape index (κ3) is 1.56. The highest BCUT2D eigenvalue weighted by Gasteiger charge is 2.42. The average Bonchev–Trinajstić information content (AvgIpc) is 2.87. The van der Waals surface area contributed by atoms with Crippen molar-refractivity contribution in [2.45, 2.75) is 25.3 Å². The zero-order valence-corrected chi connectivity index (χ0v) is 9.39. The summed E-state index contributed by atoms with van der Waals surface area (Å²) < 4.78 is 15.2.